The Kier molecular flexibility index (Phi) is 3.54. The highest BCUT2D eigenvalue weighted by Crippen LogP contribution is 2.60. The van der Waals surface area contributed by atoms with Crippen molar-refractivity contribution >= 4 is 0 Å². The van der Waals surface area contributed by atoms with Gasteiger partial charge in [0.05, 0.1) is 23.9 Å². The molecule has 2 saturated heterocycles. The third-order valence-corrected chi connectivity index (χ3v) is 6.55. The number of fused-ring (bicyclic) bond motifs is 5. The summed E-state index contributed by atoms with van der Waals surface area (Å²) in [6.45, 7) is 7.59. The van der Waals surface area contributed by atoms with Crippen LogP contribution in [0, 0.1) is 31.6 Å². The summed E-state index contributed by atoms with van der Waals surface area (Å²) >= 11 is 0. The van der Waals surface area contributed by atoms with Crippen molar-refractivity contribution in [2.75, 3.05) is 6.54 Å². The SMILES string of the molecule is Cc1cccc(C)c1-n1ccnc1C(C)NC[C@@H]1C[C@@H]2O[C@H]1[C@H]1C[C@H]12. The summed E-state index contributed by atoms with van der Waals surface area (Å²) in [4.78, 5) is 4.66. The quantitative estimate of drug-likeness (QED) is 0.907. The molecule has 0 radical (unpaired) electrons. The second-order valence-electron chi connectivity index (χ2n) is 8.22. The molecule has 25 heavy (non-hydrogen) atoms. The third-order valence-electron chi connectivity index (χ3n) is 6.55. The third kappa shape index (κ3) is 2.46. The number of hydrogen-bond acceptors (Lipinski definition) is 3. The van der Waals surface area contributed by atoms with E-state index in [1.807, 2.05) is 6.20 Å². The Bertz CT molecular complexity index is 778. The summed E-state index contributed by atoms with van der Waals surface area (Å²) in [7, 11) is 0. The number of hydrogen-bond donors (Lipinski definition) is 1. The van der Waals surface area contributed by atoms with Crippen molar-refractivity contribution in [3.8, 4) is 5.69 Å². The highest BCUT2D eigenvalue weighted by atomic mass is 16.5. The van der Waals surface area contributed by atoms with Crippen molar-refractivity contribution < 1.29 is 4.74 Å². The van der Waals surface area contributed by atoms with Crippen LogP contribution < -0.4 is 5.32 Å². The molecule has 2 aliphatic heterocycles. The van der Waals surface area contributed by atoms with E-state index in [1.165, 1.54) is 29.7 Å². The van der Waals surface area contributed by atoms with E-state index in [2.05, 4.69) is 60.0 Å². The average Bonchev–Trinajstić information content (AvgIpc) is 2.95. The smallest absolute Gasteiger partial charge is 0.130 e. The first-order chi connectivity index (χ1) is 12.1. The Balaban J connectivity index is 1.32. The van der Waals surface area contributed by atoms with E-state index in [-0.39, 0.29) is 6.04 Å². The predicted octanol–water partition coefficient (Wildman–Crippen LogP) is 3.56. The first-order valence-corrected chi connectivity index (χ1v) is 9.62. The van der Waals surface area contributed by atoms with Crippen LogP contribution in [0.4, 0.5) is 0 Å². The van der Waals surface area contributed by atoms with E-state index < -0.39 is 0 Å². The van der Waals surface area contributed by atoms with Gasteiger partial charge in [0.2, 0.25) is 0 Å². The number of imidazole rings is 1. The summed E-state index contributed by atoms with van der Waals surface area (Å²) in [5, 5.41) is 3.74. The van der Waals surface area contributed by atoms with Gasteiger partial charge in [-0.2, -0.15) is 0 Å². The molecule has 1 saturated carbocycles. The number of nitrogens with zero attached hydrogens (tertiary/aromatic N) is 2. The van der Waals surface area contributed by atoms with E-state index in [0.29, 0.717) is 18.1 Å². The molecule has 5 rings (SSSR count). The molecule has 3 aliphatic rings. The van der Waals surface area contributed by atoms with Gasteiger partial charge in [-0.1, -0.05) is 18.2 Å². The van der Waals surface area contributed by atoms with E-state index in [4.69, 9.17) is 4.74 Å². The Labute approximate surface area is 149 Å². The molecular weight excluding hydrogens is 310 g/mol. The van der Waals surface area contributed by atoms with Crippen molar-refractivity contribution in [1.82, 2.24) is 14.9 Å². The Morgan fingerprint density at radius 3 is 2.76 bits per heavy atom. The number of benzene rings is 1. The van der Waals surface area contributed by atoms with Gasteiger partial charge in [0.15, 0.2) is 0 Å². The monoisotopic (exact) mass is 337 g/mol. The molecule has 0 spiro atoms. The number of nitrogens with one attached hydrogen (secondary N) is 1. The summed E-state index contributed by atoms with van der Waals surface area (Å²) in [6, 6.07) is 6.68. The molecule has 0 amide bonds. The second-order valence-corrected chi connectivity index (χ2v) is 8.22. The van der Waals surface area contributed by atoms with Gasteiger partial charge < -0.3 is 14.6 Å². The van der Waals surface area contributed by atoms with Crippen LogP contribution in [0.25, 0.3) is 5.69 Å². The van der Waals surface area contributed by atoms with Crippen LogP contribution in [-0.2, 0) is 4.74 Å². The first-order valence-electron chi connectivity index (χ1n) is 9.62. The molecule has 1 aliphatic carbocycles. The van der Waals surface area contributed by atoms with Crippen LogP contribution in [0.5, 0.6) is 0 Å². The zero-order valence-electron chi connectivity index (χ0n) is 15.3. The lowest BCUT2D eigenvalue weighted by Crippen LogP contribution is -2.33. The largest absolute Gasteiger partial charge is 0.374 e. The Morgan fingerprint density at radius 2 is 2.04 bits per heavy atom. The summed E-state index contributed by atoms with van der Waals surface area (Å²) in [5.74, 6) is 3.55. The van der Waals surface area contributed by atoms with Gasteiger partial charge in [-0.25, -0.2) is 4.98 Å². The van der Waals surface area contributed by atoms with Gasteiger partial charge >= 0.3 is 0 Å². The number of rotatable bonds is 5. The Morgan fingerprint density at radius 1 is 1.24 bits per heavy atom. The number of para-hydroxylation sites is 1. The van der Waals surface area contributed by atoms with Crippen LogP contribution in [0.3, 0.4) is 0 Å². The van der Waals surface area contributed by atoms with Crippen molar-refractivity contribution in [2.45, 2.75) is 51.9 Å². The van der Waals surface area contributed by atoms with Crippen LogP contribution in [-0.4, -0.2) is 28.3 Å². The number of ether oxygens (including phenoxy) is 1. The molecular formula is C21H27N3O. The molecule has 132 valence electrons. The van der Waals surface area contributed by atoms with Gasteiger partial charge in [-0.15, -0.1) is 0 Å². The fourth-order valence-corrected chi connectivity index (χ4v) is 5.20. The van der Waals surface area contributed by atoms with E-state index in [0.717, 1.165) is 24.2 Å². The van der Waals surface area contributed by atoms with Crippen LogP contribution in [0.15, 0.2) is 30.6 Å². The normalized spacial score (nSPS) is 33.5. The summed E-state index contributed by atoms with van der Waals surface area (Å²) in [5.41, 5.74) is 3.83. The molecule has 3 fully saturated rings. The molecule has 6 atom stereocenters. The Hall–Kier alpha value is -1.65. The molecule has 1 aromatic carbocycles. The van der Waals surface area contributed by atoms with Crippen LogP contribution in [0.1, 0.15) is 42.8 Å². The van der Waals surface area contributed by atoms with Crippen molar-refractivity contribution in [3.05, 3.63) is 47.5 Å². The number of aryl methyl sites for hydroxylation is 2. The van der Waals surface area contributed by atoms with Gasteiger partial charge in [-0.05, 0) is 56.6 Å². The predicted molar refractivity (Wildman–Crippen MR) is 97.8 cm³/mol. The molecule has 4 heteroatoms. The maximum absolute atomic E-state index is 6.13. The van der Waals surface area contributed by atoms with Crippen molar-refractivity contribution in [2.24, 2.45) is 17.8 Å². The average molecular weight is 337 g/mol. The van der Waals surface area contributed by atoms with Crippen molar-refractivity contribution in [3.63, 3.8) is 0 Å². The van der Waals surface area contributed by atoms with E-state index in [9.17, 15) is 0 Å². The zero-order valence-corrected chi connectivity index (χ0v) is 15.3. The molecule has 2 aromatic rings. The lowest BCUT2D eigenvalue weighted by atomic mass is 9.89. The highest BCUT2D eigenvalue weighted by molar-refractivity contribution is 5.48. The molecule has 2 bridgehead atoms. The molecule has 4 nitrogen and oxygen atoms in total. The highest BCUT2D eigenvalue weighted by Gasteiger charge is 2.62. The standard InChI is InChI=1S/C21H27N3O/c1-12-5-4-6-13(2)19(12)24-8-7-22-21(24)14(3)23-11-15-9-18-16-10-17(16)20(15)25-18/h4-8,14-18,20,23H,9-11H2,1-3H3/t14?,15-,16+,17-,18-,20+/m0/s1. The molecule has 1 unspecified atom stereocenters. The zero-order chi connectivity index (χ0) is 17.1. The first kappa shape index (κ1) is 15.6. The fraction of sp³-hybridized carbons (Fsp3) is 0.571. The minimum atomic E-state index is 0.225. The van der Waals surface area contributed by atoms with E-state index in [1.54, 1.807) is 0 Å². The molecule has 3 heterocycles. The lowest BCUT2D eigenvalue weighted by molar-refractivity contribution is 0.0607. The maximum atomic E-state index is 6.13. The van der Waals surface area contributed by atoms with Gasteiger partial charge in [0.25, 0.3) is 0 Å². The van der Waals surface area contributed by atoms with Crippen LogP contribution >= 0.6 is 0 Å². The minimum absolute atomic E-state index is 0.225. The minimum Gasteiger partial charge on any atom is -0.374 e. The van der Waals surface area contributed by atoms with E-state index >= 15 is 0 Å². The fourth-order valence-electron chi connectivity index (χ4n) is 5.20. The van der Waals surface area contributed by atoms with Gasteiger partial charge in [-0.3, -0.25) is 0 Å². The molecule has 1 aromatic heterocycles. The molecule has 1 N–H and O–H groups in total. The summed E-state index contributed by atoms with van der Waals surface area (Å²) in [6.07, 6.45) is 7.74. The summed E-state index contributed by atoms with van der Waals surface area (Å²) < 4.78 is 8.38. The maximum Gasteiger partial charge on any atom is 0.130 e. The lowest BCUT2D eigenvalue weighted by Gasteiger charge is -2.23. The van der Waals surface area contributed by atoms with Gasteiger partial charge in [0.1, 0.15) is 5.82 Å². The topological polar surface area (TPSA) is 39.1 Å². The van der Waals surface area contributed by atoms with Crippen LogP contribution in [0.2, 0.25) is 0 Å². The number of aromatic nitrogens is 2. The second kappa shape index (κ2) is 5.68. The van der Waals surface area contributed by atoms with Crippen molar-refractivity contribution in [1.29, 1.82) is 0 Å². The van der Waals surface area contributed by atoms with Gasteiger partial charge in [0, 0.05) is 24.9 Å².